The van der Waals surface area contributed by atoms with E-state index in [1.807, 2.05) is 12.3 Å². The number of hydrogen-bond donors (Lipinski definition) is 1. The van der Waals surface area contributed by atoms with Crippen LogP contribution in [0.25, 0.3) is 0 Å². The van der Waals surface area contributed by atoms with Crippen LogP contribution in [0.5, 0.6) is 0 Å². The largest absolute Gasteiger partial charge is 0.465 e. The Labute approximate surface area is 124 Å². The Morgan fingerprint density at radius 1 is 1.52 bits per heavy atom. The van der Waals surface area contributed by atoms with Crippen molar-refractivity contribution in [3.8, 4) is 0 Å². The van der Waals surface area contributed by atoms with Crippen LogP contribution in [0.3, 0.4) is 0 Å². The van der Waals surface area contributed by atoms with E-state index in [0.29, 0.717) is 0 Å². The van der Waals surface area contributed by atoms with Gasteiger partial charge < -0.3 is 10.1 Å². The van der Waals surface area contributed by atoms with Crippen LogP contribution in [-0.4, -0.2) is 23.0 Å². The molecule has 1 atom stereocenters. The third kappa shape index (κ3) is 3.34. The second kappa shape index (κ2) is 6.31. The van der Waals surface area contributed by atoms with E-state index in [0.717, 1.165) is 5.01 Å². The van der Waals surface area contributed by atoms with Crippen LogP contribution >= 0.6 is 11.3 Å². The Balaban J connectivity index is 2.34. The number of thiazole rings is 1. The van der Waals surface area contributed by atoms with Crippen LogP contribution in [0.4, 0.5) is 11.4 Å². The lowest BCUT2D eigenvalue weighted by molar-refractivity contribution is -0.384. The summed E-state index contributed by atoms with van der Waals surface area (Å²) in [5, 5.41) is 16.7. The van der Waals surface area contributed by atoms with Crippen LogP contribution in [0.2, 0.25) is 0 Å². The summed E-state index contributed by atoms with van der Waals surface area (Å²) in [5.74, 6) is -0.546. The van der Waals surface area contributed by atoms with Gasteiger partial charge in [-0.15, -0.1) is 11.3 Å². The molecule has 1 unspecified atom stereocenters. The standard InChI is InChI=1S/C13H13N3O4S/c1-8(12-14-5-6-21-12)15-10-7-9(13(17)20-2)3-4-11(10)16(18)19/h3-8,15H,1-2H3. The van der Waals surface area contributed by atoms with Gasteiger partial charge in [-0.1, -0.05) is 0 Å². The van der Waals surface area contributed by atoms with Crippen molar-refractivity contribution < 1.29 is 14.5 Å². The van der Waals surface area contributed by atoms with E-state index in [4.69, 9.17) is 0 Å². The molecule has 0 aliphatic heterocycles. The minimum absolute atomic E-state index is 0.106. The van der Waals surface area contributed by atoms with Gasteiger partial charge in [0.15, 0.2) is 0 Å². The first-order valence-electron chi connectivity index (χ1n) is 6.05. The molecular weight excluding hydrogens is 294 g/mol. The summed E-state index contributed by atoms with van der Waals surface area (Å²) in [7, 11) is 1.26. The maximum absolute atomic E-state index is 11.5. The van der Waals surface area contributed by atoms with Gasteiger partial charge >= 0.3 is 5.97 Å². The van der Waals surface area contributed by atoms with Crippen LogP contribution in [0.15, 0.2) is 29.8 Å². The topological polar surface area (TPSA) is 94.4 Å². The maximum atomic E-state index is 11.5. The van der Waals surface area contributed by atoms with Gasteiger partial charge in [0.2, 0.25) is 0 Å². The number of anilines is 1. The molecule has 0 aliphatic carbocycles. The highest BCUT2D eigenvalue weighted by atomic mass is 32.1. The zero-order valence-electron chi connectivity index (χ0n) is 11.4. The minimum atomic E-state index is -0.546. The average molecular weight is 307 g/mol. The molecule has 7 nitrogen and oxygen atoms in total. The van der Waals surface area contributed by atoms with Crippen molar-refractivity contribution in [1.82, 2.24) is 4.98 Å². The van der Waals surface area contributed by atoms with Crippen LogP contribution < -0.4 is 5.32 Å². The molecule has 0 bridgehead atoms. The molecule has 0 saturated heterocycles. The lowest BCUT2D eigenvalue weighted by atomic mass is 10.1. The van der Waals surface area contributed by atoms with Crippen LogP contribution in [-0.2, 0) is 4.74 Å². The lowest BCUT2D eigenvalue weighted by Crippen LogP contribution is -2.10. The molecule has 1 N–H and O–H groups in total. The predicted molar refractivity (Wildman–Crippen MR) is 78.6 cm³/mol. The van der Waals surface area contributed by atoms with Gasteiger partial charge in [0.25, 0.3) is 5.69 Å². The quantitative estimate of drug-likeness (QED) is 0.518. The van der Waals surface area contributed by atoms with Gasteiger partial charge in [-0.25, -0.2) is 9.78 Å². The highest BCUT2D eigenvalue weighted by molar-refractivity contribution is 7.09. The van der Waals surface area contributed by atoms with E-state index in [2.05, 4.69) is 15.0 Å². The zero-order valence-corrected chi connectivity index (χ0v) is 12.2. The number of carbonyl (C=O) groups excluding carboxylic acids is 1. The summed E-state index contributed by atoms with van der Waals surface area (Å²) in [6.07, 6.45) is 1.66. The average Bonchev–Trinajstić information content (AvgIpc) is 3.00. The highest BCUT2D eigenvalue weighted by Crippen LogP contribution is 2.30. The van der Waals surface area contributed by atoms with E-state index in [1.54, 1.807) is 6.20 Å². The molecule has 1 heterocycles. The molecular formula is C13H13N3O4S. The van der Waals surface area contributed by atoms with Crippen LogP contribution in [0.1, 0.15) is 28.3 Å². The summed E-state index contributed by atoms with van der Waals surface area (Å²) in [6.45, 7) is 1.84. The number of methoxy groups -OCH3 is 1. The van der Waals surface area contributed by atoms with Gasteiger partial charge in [-0.2, -0.15) is 0 Å². The Hall–Kier alpha value is -2.48. The van der Waals surface area contributed by atoms with Crippen molar-refractivity contribution in [1.29, 1.82) is 0 Å². The SMILES string of the molecule is COC(=O)c1ccc([N+](=O)[O-])c(NC(C)c2nccs2)c1. The Bertz CT molecular complexity index is 657. The summed E-state index contributed by atoms with van der Waals surface area (Å²) >= 11 is 1.44. The normalized spacial score (nSPS) is 11.7. The molecule has 21 heavy (non-hydrogen) atoms. The first-order valence-corrected chi connectivity index (χ1v) is 6.93. The number of benzene rings is 1. The molecule has 2 rings (SSSR count). The Morgan fingerprint density at radius 3 is 2.86 bits per heavy atom. The molecule has 0 saturated carbocycles. The number of nitrogens with zero attached hydrogens (tertiary/aromatic N) is 2. The predicted octanol–water partition coefficient (Wildman–Crippen LogP) is 3.01. The molecule has 0 aliphatic rings. The van der Waals surface area contributed by atoms with Crippen molar-refractivity contribution in [2.24, 2.45) is 0 Å². The monoisotopic (exact) mass is 307 g/mol. The molecule has 0 radical (unpaired) electrons. The van der Waals surface area contributed by atoms with Gasteiger partial charge in [-0.3, -0.25) is 10.1 Å². The van der Waals surface area contributed by atoms with Gasteiger partial charge in [0.1, 0.15) is 10.7 Å². The number of nitrogens with one attached hydrogen (secondary N) is 1. The summed E-state index contributed by atoms with van der Waals surface area (Å²) in [5.41, 5.74) is 0.397. The molecule has 110 valence electrons. The lowest BCUT2D eigenvalue weighted by Gasteiger charge is -2.13. The summed E-state index contributed by atoms with van der Waals surface area (Å²) < 4.78 is 4.62. The molecule has 0 spiro atoms. The molecule has 0 fully saturated rings. The molecule has 1 aromatic carbocycles. The van der Waals surface area contributed by atoms with E-state index in [9.17, 15) is 14.9 Å². The summed E-state index contributed by atoms with van der Waals surface area (Å²) in [4.78, 5) is 26.3. The first-order chi connectivity index (χ1) is 10.0. The number of aromatic nitrogens is 1. The van der Waals surface area contributed by atoms with Crippen LogP contribution in [0, 0.1) is 10.1 Å². The molecule has 8 heteroatoms. The maximum Gasteiger partial charge on any atom is 0.337 e. The third-order valence-corrected chi connectivity index (χ3v) is 3.77. The fourth-order valence-electron chi connectivity index (χ4n) is 1.80. The number of carbonyl (C=O) groups is 1. The minimum Gasteiger partial charge on any atom is -0.465 e. The fraction of sp³-hybridized carbons (Fsp3) is 0.231. The van der Waals surface area contributed by atoms with E-state index in [-0.39, 0.29) is 23.0 Å². The van der Waals surface area contributed by atoms with E-state index < -0.39 is 10.9 Å². The Morgan fingerprint density at radius 2 is 2.29 bits per heavy atom. The summed E-state index contributed by atoms with van der Waals surface area (Å²) in [6, 6.07) is 3.84. The number of hydrogen-bond acceptors (Lipinski definition) is 7. The smallest absolute Gasteiger partial charge is 0.337 e. The van der Waals surface area contributed by atoms with Gasteiger partial charge in [0, 0.05) is 17.6 Å². The number of ether oxygens (including phenoxy) is 1. The molecule has 1 aromatic heterocycles. The van der Waals surface area contributed by atoms with Crippen molar-refractivity contribution in [2.45, 2.75) is 13.0 Å². The first kappa shape index (κ1) is 14.9. The van der Waals surface area contributed by atoms with E-state index >= 15 is 0 Å². The number of rotatable bonds is 5. The van der Waals surface area contributed by atoms with Crippen molar-refractivity contribution in [3.05, 3.63) is 50.5 Å². The molecule has 0 amide bonds. The highest BCUT2D eigenvalue weighted by Gasteiger charge is 2.19. The Kier molecular flexibility index (Phi) is 4.49. The van der Waals surface area contributed by atoms with E-state index in [1.165, 1.54) is 36.6 Å². The fourth-order valence-corrected chi connectivity index (χ4v) is 2.44. The van der Waals surface area contributed by atoms with Crippen molar-refractivity contribution in [2.75, 3.05) is 12.4 Å². The number of nitro groups is 1. The number of nitro benzene ring substituents is 1. The van der Waals surface area contributed by atoms with Crippen molar-refractivity contribution in [3.63, 3.8) is 0 Å². The molecule has 2 aromatic rings. The van der Waals surface area contributed by atoms with Gasteiger partial charge in [-0.05, 0) is 19.1 Å². The third-order valence-electron chi connectivity index (χ3n) is 2.81. The number of esters is 1. The zero-order chi connectivity index (χ0) is 15.4. The van der Waals surface area contributed by atoms with Gasteiger partial charge in [0.05, 0.1) is 23.6 Å². The second-order valence-corrected chi connectivity index (χ2v) is 5.14. The second-order valence-electron chi connectivity index (χ2n) is 4.22. The van der Waals surface area contributed by atoms with Crippen molar-refractivity contribution >= 4 is 28.7 Å².